The van der Waals surface area contributed by atoms with Gasteiger partial charge in [-0.1, -0.05) is 5.57 Å². The molecule has 0 saturated heterocycles. The molecule has 0 aromatic carbocycles. The fourth-order valence-electron chi connectivity index (χ4n) is 0.516. The van der Waals surface area contributed by atoms with E-state index in [4.69, 9.17) is 0 Å². The number of esters is 1. The number of allylic oxidation sites excluding steroid dienone is 1. The molecule has 0 aliphatic carbocycles. The van der Waals surface area contributed by atoms with E-state index in [-0.39, 0.29) is 12.6 Å². The summed E-state index contributed by atoms with van der Waals surface area (Å²) in [6.07, 6.45) is 2.94. The molecule has 0 bridgehead atoms. The summed E-state index contributed by atoms with van der Waals surface area (Å²) in [7, 11) is 0. The second kappa shape index (κ2) is 5.65. The Hall–Kier alpha value is -1.12. The fraction of sp³-hybridized carbons (Fsp3) is 0.500. The van der Waals surface area contributed by atoms with Crippen molar-refractivity contribution in [2.75, 3.05) is 6.61 Å². The first-order chi connectivity index (χ1) is 5.16. The smallest absolute Gasteiger partial charge is 0.302 e. The molecule has 0 N–H and O–H groups in total. The number of carbonyl (C=O) groups is 2. The molecular weight excluding hydrogens is 144 g/mol. The molecule has 3 heteroatoms. The molecule has 0 aromatic rings. The largest absolute Gasteiger partial charge is 0.462 e. The summed E-state index contributed by atoms with van der Waals surface area (Å²) in [6, 6.07) is 0. The first-order valence-corrected chi connectivity index (χ1v) is 3.39. The molecule has 0 spiro atoms. The Kier molecular flexibility index (Phi) is 5.07. The Bertz CT molecular complexity index is 170. The highest BCUT2D eigenvalue weighted by molar-refractivity contribution is 5.66. The molecule has 0 radical (unpaired) electrons. The Morgan fingerprint density at radius 2 is 2.09 bits per heavy atom. The summed E-state index contributed by atoms with van der Waals surface area (Å²) in [4.78, 5) is 20.2. The molecule has 0 unspecified atom stereocenters. The van der Waals surface area contributed by atoms with Gasteiger partial charge in [-0.15, -0.1) is 0 Å². The molecule has 0 amide bonds. The number of aldehydes is 1. The molecule has 0 rings (SSSR count). The lowest BCUT2D eigenvalue weighted by molar-refractivity contribution is -0.139. The van der Waals surface area contributed by atoms with Crippen LogP contribution in [0.3, 0.4) is 0 Å². The van der Waals surface area contributed by atoms with E-state index in [1.807, 2.05) is 6.92 Å². The highest BCUT2D eigenvalue weighted by Gasteiger charge is 1.90. The Morgan fingerprint density at radius 3 is 2.55 bits per heavy atom. The number of rotatable bonds is 4. The number of hydrogen-bond acceptors (Lipinski definition) is 3. The van der Waals surface area contributed by atoms with Crippen LogP contribution in [-0.4, -0.2) is 18.9 Å². The van der Waals surface area contributed by atoms with Gasteiger partial charge in [0.1, 0.15) is 12.9 Å². The van der Waals surface area contributed by atoms with Gasteiger partial charge in [-0.05, 0) is 13.0 Å². The minimum Gasteiger partial charge on any atom is -0.462 e. The quantitative estimate of drug-likeness (QED) is 0.347. The van der Waals surface area contributed by atoms with Crippen LogP contribution in [0.25, 0.3) is 0 Å². The van der Waals surface area contributed by atoms with Crippen LogP contribution in [0.2, 0.25) is 0 Å². The van der Waals surface area contributed by atoms with E-state index in [0.717, 1.165) is 11.9 Å². The van der Waals surface area contributed by atoms with E-state index in [1.165, 1.54) is 6.92 Å². The van der Waals surface area contributed by atoms with Crippen LogP contribution in [0.1, 0.15) is 20.3 Å². The molecule has 0 saturated carbocycles. The Balaban J connectivity index is 3.55. The molecule has 0 aliphatic rings. The van der Waals surface area contributed by atoms with Gasteiger partial charge in [0.25, 0.3) is 0 Å². The van der Waals surface area contributed by atoms with Gasteiger partial charge in [0.2, 0.25) is 0 Å². The minimum atomic E-state index is -0.305. The lowest BCUT2D eigenvalue weighted by Crippen LogP contribution is -1.98. The number of carbonyl (C=O) groups excluding carboxylic acids is 2. The number of ether oxygens (including phenoxy) is 1. The van der Waals surface area contributed by atoms with E-state index >= 15 is 0 Å². The van der Waals surface area contributed by atoms with Crippen LogP contribution < -0.4 is 0 Å². The molecule has 11 heavy (non-hydrogen) atoms. The third-order valence-corrected chi connectivity index (χ3v) is 1.12. The monoisotopic (exact) mass is 156 g/mol. The predicted molar refractivity (Wildman–Crippen MR) is 41.1 cm³/mol. The van der Waals surface area contributed by atoms with Crippen molar-refractivity contribution in [3.8, 4) is 0 Å². The van der Waals surface area contributed by atoms with Gasteiger partial charge in [-0.3, -0.25) is 4.79 Å². The van der Waals surface area contributed by atoms with Crippen molar-refractivity contribution in [3.63, 3.8) is 0 Å². The molecule has 0 aliphatic heterocycles. The highest BCUT2D eigenvalue weighted by atomic mass is 16.5. The van der Waals surface area contributed by atoms with Crippen molar-refractivity contribution in [1.29, 1.82) is 0 Å². The van der Waals surface area contributed by atoms with E-state index in [1.54, 1.807) is 6.08 Å². The summed E-state index contributed by atoms with van der Waals surface area (Å²) < 4.78 is 4.63. The lowest BCUT2D eigenvalue weighted by atomic mass is 10.2. The van der Waals surface area contributed by atoms with Crippen molar-refractivity contribution in [2.24, 2.45) is 0 Å². The van der Waals surface area contributed by atoms with Crippen LogP contribution in [0.5, 0.6) is 0 Å². The maximum atomic E-state index is 10.3. The second-order valence-corrected chi connectivity index (χ2v) is 2.22. The van der Waals surface area contributed by atoms with Crippen molar-refractivity contribution in [3.05, 3.63) is 11.6 Å². The Labute approximate surface area is 66.0 Å². The summed E-state index contributed by atoms with van der Waals surface area (Å²) in [5.74, 6) is -0.305. The summed E-state index contributed by atoms with van der Waals surface area (Å²) in [6.45, 7) is 3.43. The van der Waals surface area contributed by atoms with Gasteiger partial charge < -0.3 is 9.53 Å². The normalized spacial score (nSPS) is 10.9. The third-order valence-electron chi connectivity index (χ3n) is 1.12. The standard InChI is InChI=1S/C8H12O3/c1-7(3-5-9)4-6-11-8(2)10/h4-5H,3,6H2,1-2H3. The van der Waals surface area contributed by atoms with Gasteiger partial charge in [-0.2, -0.15) is 0 Å². The van der Waals surface area contributed by atoms with E-state index in [0.29, 0.717) is 6.42 Å². The zero-order valence-corrected chi connectivity index (χ0v) is 6.79. The van der Waals surface area contributed by atoms with Crippen molar-refractivity contribution in [2.45, 2.75) is 20.3 Å². The average Bonchev–Trinajstić information content (AvgIpc) is 1.87. The average molecular weight is 156 g/mol. The van der Waals surface area contributed by atoms with Crippen LogP contribution in [0.4, 0.5) is 0 Å². The molecule has 3 nitrogen and oxygen atoms in total. The van der Waals surface area contributed by atoms with E-state index < -0.39 is 0 Å². The van der Waals surface area contributed by atoms with Gasteiger partial charge >= 0.3 is 5.97 Å². The van der Waals surface area contributed by atoms with E-state index in [2.05, 4.69) is 4.74 Å². The van der Waals surface area contributed by atoms with Gasteiger partial charge in [0.15, 0.2) is 0 Å². The fourth-order valence-corrected chi connectivity index (χ4v) is 0.516. The minimum absolute atomic E-state index is 0.259. The van der Waals surface area contributed by atoms with Crippen LogP contribution in [0, 0.1) is 0 Å². The second-order valence-electron chi connectivity index (χ2n) is 2.22. The van der Waals surface area contributed by atoms with Gasteiger partial charge in [0.05, 0.1) is 0 Å². The predicted octanol–water partition coefficient (Wildman–Crippen LogP) is 1.08. The zero-order valence-electron chi connectivity index (χ0n) is 6.79. The van der Waals surface area contributed by atoms with E-state index in [9.17, 15) is 9.59 Å². The molecule has 0 aromatic heterocycles. The van der Waals surface area contributed by atoms with Gasteiger partial charge in [-0.25, -0.2) is 0 Å². The van der Waals surface area contributed by atoms with Crippen molar-refractivity contribution < 1.29 is 14.3 Å². The van der Waals surface area contributed by atoms with Crippen LogP contribution >= 0.6 is 0 Å². The van der Waals surface area contributed by atoms with Crippen molar-refractivity contribution in [1.82, 2.24) is 0 Å². The zero-order chi connectivity index (χ0) is 8.69. The van der Waals surface area contributed by atoms with Crippen LogP contribution in [0.15, 0.2) is 11.6 Å². The molecule has 0 fully saturated rings. The topological polar surface area (TPSA) is 43.4 Å². The summed E-state index contributed by atoms with van der Waals surface area (Å²) >= 11 is 0. The SMILES string of the molecule is CC(=O)OCC=C(C)CC=O. The summed E-state index contributed by atoms with van der Waals surface area (Å²) in [5, 5.41) is 0. The maximum Gasteiger partial charge on any atom is 0.302 e. The van der Waals surface area contributed by atoms with Gasteiger partial charge in [0, 0.05) is 13.3 Å². The Morgan fingerprint density at radius 1 is 1.45 bits per heavy atom. The molecule has 62 valence electrons. The maximum absolute atomic E-state index is 10.3. The number of hydrogen-bond donors (Lipinski definition) is 0. The first kappa shape index (κ1) is 9.88. The molecule has 0 atom stereocenters. The van der Waals surface area contributed by atoms with Crippen LogP contribution in [-0.2, 0) is 14.3 Å². The third kappa shape index (κ3) is 6.77. The molecule has 0 heterocycles. The summed E-state index contributed by atoms with van der Waals surface area (Å²) in [5.41, 5.74) is 0.918. The highest BCUT2D eigenvalue weighted by Crippen LogP contribution is 1.95. The van der Waals surface area contributed by atoms with Crippen molar-refractivity contribution >= 4 is 12.3 Å². The first-order valence-electron chi connectivity index (χ1n) is 3.39. The molecular formula is C8H12O3. The lowest BCUT2D eigenvalue weighted by Gasteiger charge is -1.96.